The maximum Gasteiger partial charge on any atom is 0.250 e. The van der Waals surface area contributed by atoms with Crippen LogP contribution in [0.25, 0.3) is 10.9 Å². The molecule has 4 rings (SSSR count). The van der Waals surface area contributed by atoms with Gasteiger partial charge in [0.25, 0.3) is 5.91 Å². The molecule has 0 unspecified atom stereocenters. The number of aromatic hydroxyl groups is 1. The summed E-state index contributed by atoms with van der Waals surface area (Å²) in [5, 5.41) is 12.8. The van der Waals surface area contributed by atoms with Crippen molar-refractivity contribution in [3.8, 4) is 5.75 Å². The van der Waals surface area contributed by atoms with E-state index in [1.165, 1.54) is 35.4 Å². The Morgan fingerprint density at radius 2 is 2.03 bits per heavy atom. The lowest BCUT2D eigenvalue weighted by Crippen LogP contribution is -2.46. The van der Waals surface area contributed by atoms with E-state index in [4.69, 9.17) is 17.3 Å². The van der Waals surface area contributed by atoms with Gasteiger partial charge in [-0.2, -0.15) is 0 Å². The topological polar surface area (TPSA) is 118 Å². The lowest BCUT2D eigenvalue weighted by atomic mass is 10.1. The van der Waals surface area contributed by atoms with Crippen LogP contribution in [0, 0.1) is 5.82 Å². The minimum absolute atomic E-state index is 0.0259. The minimum atomic E-state index is -0.679. The first-order valence-electron chi connectivity index (χ1n) is 10.4. The molecule has 1 aliphatic rings. The first kappa shape index (κ1) is 22.6. The molecule has 0 radical (unpaired) electrons. The van der Waals surface area contributed by atoms with Crippen molar-refractivity contribution in [1.82, 2.24) is 14.8 Å². The number of fused-ring (bicyclic) bond motifs is 1. The summed E-state index contributed by atoms with van der Waals surface area (Å²) < 4.78 is 15.7. The predicted molar refractivity (Wildman–Crippen MR) is 120 cm³/mol. The maximum atomic E-state index is 14.1. The zero-order valence-electron chi connectivity index (χ0n) is 17.6. The van der Waals surface area contributed by atoms with E-state index in [-0.39, 0.29) is 46.8 Å². The van der Waals surface area contributed by atoms with Gasteiger partial charge in [-0.3, -0.25) is 14.4 Å². The average molecular weight is 473 g/mol. The summed E-state index contributed by atoms with van der Waals surface area (Å²) in [6.45, 7) is 0.254. The average Bonchev–Trinajstić information content (AvgIpc) is 3.40. The number of amides is 3. The largest absolute Gasteiger partial charge is 0.508 e. The lowest BCUT2D eigenvalue weighted by Gasteiger charge is -2.24. The molecule has 172 valence electrons. The van der Waals surface area contributed by atoms with Gasteiger partial charge in [-0.25, -0.2) is 4.39 Å². The monoisotopic (exact) mass is 472 g/mol. The highest BCUT2D eigenvalue weighted by Crippen LogP contribution is 2.26. The number of hydrogen-bond donors (Lipinski definition) is 3. The van der Waals surface area contributed by atoms with Crippen LogP contribution >= 0.6 is 11.6 Å². The van der Waals surface area contributed by atoms with Crippen LogP contribution in [0.5, 0.6) is 5.75 Å². The Bertz CT molecular complexity index is 1260. The zero-order chi connectivity index (χ0) is 23.7. The summed E-state index contributed by atoms with van der Waals surface area (Å²) in [4.78, 5) is 39.1. The number of carbonyl (C=O) groups excluding carboxylic acids is 3. The molecule has 0 aliphatic carbocycles. The fourth-order valence-corrected chi connectivity index (χ4v) is 4.37. The quantitative estimate of drug-likeness (QED) is 0.511. The fourth-order valence-electron chi connectivity index (χ4n) is 4.17. The first-order valence-corrected chi connectivity index (χ1v) is 10.8. The van der Waals surface area contributed by atoms with Gasteiger partial charge in [0.2, 0.25) is 11.8 Å². The van der Waals surface area contributed by atoms with E-state index in [9.17, 15) is 23.9 Å². The highest BCUT2D eigenvalue weighted by Gasteiger charge is 2.34. The van der Waals surface area contributed by atoms with Crippen molar-refractivity contribution < 1.29 is 23.9 Å². The number of carbonyl (C=O) groups is 3. The predicted octanol–water partition coefficient (Wildman–Crippen LogP) is 2.55. The van der Waals surface area contributed by atoms with Crippen molar-refractivity contribution in [3.05, 3.63) is 64.6 Å². The molecule has 33 heavy (non-hydrogen) atoms. The lowest BCUT2D eigenvalue weighted by molar-refractivity contribution is -0.138. The molecule has 10 heteroatoms. The van der Waals surface area contributed by atoms with Gasteiger partial charge in [0.05, 0.1) is 10.6 Å². The van der Waals surface area contributed by atoms with Gasteiger partial charge in [-0.15, -0.1) is 0 Å². The Hall–Kier alpha value is -3.59. The van der Waals surface area contributed by atoms with Gasteiger partial charge in [0, 0.05) is 35.8 Å². The number of hydrogen-bond acceptors (Lipinski definition) is 4. The third-order valence-electron chi connectivity index (χ3n) is 5.80. The van der Waals surface area contributed by atoms with Crippen LogP contribution in [0.1, 0.15) is 28.8 Å². The van der Waals surface area contributed by atoms with Crippen molar-refractivity contribution in [3.63, 3.8) is 0 Å². The molecule has 1 atom stereocenters. The number of aromatic nitrogens is 1. The summed E-state index contributed by atoms with van der Waals surface area (Å²) in [5.41, 5.74) is 6.45. The number of halogens is 2. The smallest absolute Gasteiger partial charge is 0.250 e. The second-order valence-electron chi connectivity index (χ2n) is 7.91. The summed E-state index contributed by atoms with van der Waals surface area (Å²) in [7, 11) is 0. The van der Waals surface area contributed by atoms with E-state index in [1.807, 2.05) is 0 Å². The highest BCUT2D eigenvalue weighted by molar-refractivity contribution is 6.30. The van der Waals surface area contributed by atoms with Gasteiger partial charge in [0.15, 0.2) is 0 Å². The molecule has 0 saturated carbocycles. The number of benzene rings is 2. The molecule has 2 heterocycles. The maximum absolute atomic E-state index is 14.1. The van der Waals surface area contributed by atoms with Crippen LogP contribution in [-0.2, 0) is 22.7 Å². The highest BCUT2D eigenvalue weighted by atomic mass is 35.5. The van der Waals surface area contributed by atoms with Crippen molar-refractivity contribution in [1.29, 1.82) is 0 Å². The number of phenolic OH excluding ortho intramolecular Hbond substituents is 1. The Kier molecular flexibility index (Phi) is 6.24. The van der Waals surface area contributed by atoms with Crippen LogP contribution in [-0.4, -0.2) is 44.9 Å². The van der Waals surface area contributed by atoms with Crippen LogP contribution in [0.2, 0.25) is 5.02 Å². The Balaban J connectivity index is 1.49. The van der Waals surface area contributed by atoms with E-state index in [0.29, 0.717) is 30.3 Å². The molecule has 2 aromatic carbocycles. The van der Waals surface area contributed by atoms with Crippen molar-refractivity contribution in [2.45, 2.75) is 32.0 Å². The van der Waals surface area contributed by atoms with Gasteiger partial charge < -0.3 is 25.6 Å². The van der Waals surface area contributed by atoms with E-state index >= 15 is 0 Å². The van der Waals surface area contributed by atoms with Crippen molar-refractivity contribution in [2.75, 3.05) is 6.54 Å². The molecule has 3 amide bonds. The fraction of sp³-hybridized carbons (Fsp3) is 0.261. The number of primary amides is 1. The minimum Gasteiger partial charge on any atom is -0.508 e. The summed E-state index contributed by atoms with van der Waals surface area (Å²) in [6.07, 6.45) is 2.61. The summed E-state index contributed by atoms with van der Waals surface area (Å²) >= 11 is 5.78. The van der Waals surface area contributed by atoms with Crippen LogP contribution in [0.4, 0.5) is 4.39 Å². The molecule has 0 spiro atoms. The van der Waals surface area contributed by atoms with Gasteiger partial charge in [-0.1, -0.05) is 23.7 Å². The number of nitrogens with one attached hydrogen (secondary N) is 1. The molecule has 3 aromatic rings. The SMILES string of the molecule is NC(=O)c1cn(CC(=O)N2CCC[C@H]2C(=O)NCc2cccc(Cl)c2F)c2ccc(O)cc12. The Labute approximate surface area is 193 Å². The third kappa shape index (κ3) is 4.49. The normalized spacial score (nSPS) is 15.7. The van der Waals surface area contributed by atoms with E-state index < -0.39 is 17.8 Å². The van der Waals surface area contributed by atoms with E-state index in [0.717, 1.165) is 0 Å². The molecule has 8 nitrogen and oxygen atoms in total. The van der Waals surface area contributed by atoms with Crippen LogP contribution in [0.3, 0.4) is 0 Å². The number of nitrogens with two attached hydrogens (primary N) is 1. The zero-order valence-corrected chi connectivity index (χ0v) is 18.3. The van der Waals surface area contributed by atoms with Crippen LogP contribution < -0.4 is 11.1 Å². The van der Waals surface area contributed by atoms with Crippen molar-refractivity contribution >= 4 is 40.2 Å². The summed E-state index contributed by atoms with van der Waals surface area (Å²) in [5.74, 6) is -1.97. The van der Waals surface area contributed by atoms with Crippen molar-refractivity contribution in [2.24, 2.45) is 5.73 Å². The van der Waals surface area contributed by atoms with Gasteiger partial charge >= 0.3 is 0 Å². The van der Waals surface area contributed by atoms with E-state index in [2.05, 4.69) is 5.32 Å². The third-order valence-corrected chi connectivity index (χ3v) is 6.09. The molecule has 1 saturated heterocycles. The number of nitrogens with zero attached hydrogens (tertiary/aromatic N) is 2. The molecule has 4 N–H and O–H groups in total. The summed E-state index contributed by atoms with van der Waals surface area (Å²) in [6, 6.07) is 8.34. The standard InChI is InChI=1S/C23H22ClFN4O4/c24-17-4-1-3-13(21(17)25)10-27-23(33)19-5-2-8-29(19)20(31)12-28-11-16(22(26)32)15-9-14(30)6-7-18(15)28/h1,3-4,6-7,9,11,19,30H,2,5,8,10,12H2,(H2,26,32)(H,27,33)/t19-/m0/s1. The number of likely N-dealkylation sites (tertiary alicyclic amines) is 1. The number of phenols is 1. The van der Waals surface area contributed by atoms with E-state index in [1.54, 1.807) is 16.7 Å². The molecule has 1 fully saturated rings. The van der Waals surface area contributed by atoms with Gasteiger partial charge in [0.1, 0.15) is 24.2 Å². The second kappa shape index (κ2) is 9.11. The molecule has 0 bridgehead atoms. The Morgan fingerprint density at radius 3 is 2.79 bits per heavy atom. The van der Waals surface area contributed by atoms with Crippen LogP contribution in [0.15, 0.2) is 42.6 Å². The molecule has 1 aromatic heterocycles. The molecule has 1 aliphatic heterocycles. The van der Waals surface area contributed by atoms with Gasteiger partial charge in [-0.05, 0) is 37.1 Å². The molecular weight excluding hydrogens is 451 g/mol. The first-order chi connectivity index (χ1) is 15.8. The second-order valence-corrected chi connectivity index (χ2v) is 8.32. The molecular formula is C23H22ClFN4O4. The Morgan fingerprint density at radius 1 is 1.24 bits per heavy atom. The number of rotatable bonds is 6.